The lowest BCUT2D eigenvalue weighted by Crippen LogP contribution is -2.19. The van der Waals surface area contributed by atoms with Crippen LogP contribution in [-0.4, -0.2) is 12.3 Å². The fourth-order valence-corrected chi connectivity index (χ4v) is 2.59. The van der Waals surface area contributed by atoms with E-state index in [9.17, 15) is 4.79 Å². The summed E-state index contributed by atoms with van der Waals surface area (Å²) in [7, 11) is 0. The highest BCUT2D eigenvalue weighted by atomic mass is 16.3. The molecule has 1 aromatic heterocycles. The number of rotatable bonds is 6. The highest BCUT2D eigenvalue weighted by Crippen LogP contribution is 2.23. The number of carbonyl (C=O) groups is 1. The number of nitrogens with two attached hydrogens (primary N) is 1. The van der Waals surface area contributed by atoms with Crippen molar-refractivity contribution in [2.45, 2.75) is 33.6 Å². The quantitative estimate of drug-likeness (QED) is 0.811. The van der Waals surface area contributed by atoms with Crippen LogP contribution in [0.1, 0.15) is 42.8 Å². The van der Waals surface area contributed by atoms with Crippen molar-refractivity contribution in [2.75, 3.05) is 6.54 Å². The number of fused-ring (bicyclic) bond motifs is 1. The van der Waals surface area contributed by atoms with Crippen molar-refractivity contribution in [3.8, 4) is 0 Å². The van der Waals surface area contributed by atoms with Crippen molar-refractivity contribution in [2.24, 2.45) is 17.6 Å². The van der Waals surface area contributed by atoms with E-state index in [1.807, 2.05) is 31.2 Å². The minimum atomic E-state index is 0.0509. The highest BCUT2D eigenvalue weighted by molar-refractivity contribution is 5.97. The second-order valence-corrected chi connectivity index (χ2v) is 6.01. The van der Waals surface area contributed by atoms with Gasteiger partial charge in [0.1, 0.15) is 5.58 Å². The van der Waals surface area contributed by atoms with E-state index >= 15 is 0 Å². The Morgan fingerprint density at radius 1 is 1.30 bits per heavy atom. The molecule has 0 aliphatic heterocycles. The Morgan fingerprint density at radius 3 is 2.70 bits per heavy atom. The van der Waals surface area contributed by atoms with E-state index < -0.39 is 0 Å². The summed E-state index contributed by atoms with van der Waals surface area (Å²) < 4.78 is 5.64. The number of aryl methyl sites for hydroxylation is 1. The maximum atomic E-state index is 12.3. The van der Waals surface area contributed by atoms with Crippen LogP contribution < -0.4 is 5.73 Å². The second kappa shape index (κ2) is 6.23. The van der Waals surface area contributed by atoms with Crippen LogP contribution in [0.4, 0.5) is 0 Å². The Kier molecular flexibility index (Phi) is 4.61. The topological polar surface area (TPSA) is 56.2 Å². The summed E-state index contributed by atoms with van der Waals surface area (Å²) in [5.41, 5.74) is 7.69. The number of Topliss-reactive ketones (excluding diaryl/α,β-unsaturated/α-hetero) is 1. The summed E-state index contributed by atoms with van der Waals surface area (Å²) in [5.74, 6) is 1.29. The largest absolute Gasteiger partial charge is 0.453 e. The van der Waals surface area contributed by atoms with Gasteiger partial charge in [-0.05, 0) is 49.9 Å². The zero-order valence-electron chi connectivity index (χ0n) is 12.5. The molecular weight excluding hydrogens is 250 g/mol. The molecule has 0 spiro atoms. The van der Waals surface area contributed by atoms with Gasteiger partial charge in [-0.25, -0.2) is 0 Å². The lowest BCUT2D eigenvalue weighted by atomic mass is 9.92. The standard InChI is InChI=1S/C17H23NO2/c1-11(2)6-13(10-18)8-15(19)17-9-14-7-12(3)4-5-16(14)20-17/h4-5,7,9,11,13H,6,8,10,18H2,1-3H3. The molecule has 1 heterocycles. The van der Waals surface area contributed by atoms with E-state index in [1.165, 1.54) is 0 Å². The van der Waals surface area contributed by atoms with Crippen LogP contribution >= 0.6 is 0 Å². The van der Waals surface area contributed by atoms with Gasteiger partial charge < -0.3 is 10.2 Å². The first-order valence-corrected chi connectivity index (χ1v) is 7.23. The summed E-state index contributed by atoms with van der Waals surface area (Å²) in [4.78, 5) is 12.3. The summed E-state index contributed by atoms with van der Waals surface area (Å²) in [6.07, 6.45) is 1.44. The van der Waals surface area contributed by atoms with Crippen molar-refractivity contribution in [1.82, 2.24) is 0 Å². The molecule has 20 heavy (non-hydrogen) atoms. The van der Waals surface area contributed by atoms with E-state index in [2.05, 4.69) is 13.8 Å². The summed E-state index contributed by atoms with van der Waals surface area (Å²) in [6.45, 7) is 6.87. The molecule has 1 unspecified atom stereocenters. The molecule has 0 aliphatic rings. The van der Waals surface area contributed by atoms with E-state index in [4.69, 9.17) is 10.2 Å². The Morgan fingerprint density at radius 2 is 2.05 bits per heavy atom. The fraction of sp³-hybridized carbons (Fsp3) is 0.471. The summed E-state index contributed by atoms with van der Waals surface area (Å²) in [5, 5.41) is 0.988. The zero-order chi connectivity index (χ0) is 14.7. The van der Waals surface area contributed by atoms with E-state index in [-0.39, 0.29) is 11.7 Å². The van der Waals surface area contributed by atoms with Crippen molar-refractivity contribution < 1.29 is 9.21 Å². The fourth-order valence-electron chi connectivity index (χ4n) is 2.59. The zero-order valence-corrected chi connectivity index (χ0v) is 12.5. The minimum Gasteiger partial charge on any atom is -0.453 e. The number of ketones is 1. The molecule has 3 nitrogen and oxygen atoms in total. The lowest BCUT2D eigenvalue weighted by Gasteiger charge is -2.15. The molecule has 3 heteroatoms. The average Bonchev–Trinajstić information content (AvgIpc) is 2.80. The smallest absolute Gasteiger partial charge is 0.198 e. The molecule has 0 saturated heterocycles. The van der Waals surface area contributed by atoms with Gasteiger partial charge in [0, 0.05) is 11.8 Å². The number of hydrogen-bond donors (Lipinski definition) is 1. The van der Waals surface area contributed by atoms with Gasteiger partial charge in [0.15, 0.2) is 11.5 Å². The first-order valence-electron chi connectivity index (χ1n) is 7.23. The Labute approximate surface area is 120 Å². The first-order chi connectivity index (χ1) is 9.49. The van der Waals surface area contributed by atoms with E-state index in [0.717, 1.165) is 23.0 Å². The first kappa shape index (κ1) is 14.8. The lowest BCUT2D eigenvalue weighted by molar-refractivity contribution is 0.0932. The van der Waals surface area contributed by atoms with Gasteiger partial charge in [-0.3, -0.25) is 4.79 Å². The number of benzene rings is 1. The Bertz CT molecular complexity index is 598. The summed E-state index contributed by atoms with van der Waals surface area (Å²) in [6, 6.07) is 7.77. The van der Waals surface area contributed by atoms with Crippen molar-refractivity contribution in [3.63, 3.8) is 0 Å². The Balaban J connectivity index is 2.14. The molecule has 2 aromatic rings. The number of carbonyl (C=O) groups excluding carboxylic acids is 1. The van der Waals surface area contributed by atoms with E-state index in [1.54, 1.807) is 0 Å². The number of hydrogen-bond acceptors (Lipinski definition) is 3. The maximum absolute atomic E-state index is 12.3. The van der Waals surface area contributed by atoms with Crippen molar-refractivity contribution >= 4 is 16.8 Å². The molecule has 0 saturated carbocycles. The van der Waals surface area contributed by atoms with Crippen LogP contribution in [0.15, 0.2) is 28.7 Å². The molecule has 0 aliphatic carbocycles. The third-order valence-corrected chi connectivity index (χ3v) is 3.56. The number of furan rings is 1. The van der Waals surface area contributed by atoms with Gasteiger partial charge in [0.25, 0.3) is 0 Å². The monoisotopic (exact) mass is 273 g/mol. The third kappa shape index (κ3) is 3.48. The van der Waals surface area contributed by atoms with Crippen LogP contribution in [0.3, 0.4) is 0 Å². The third-order valence-electron chi connectivity index (χ3n) is 3.56. The van der Waals surface area contributed by atoms with Gasteiger partial charge in [-0.2, -0.15) is 0 Å². The van der Waals surface area contributed by atoms with Crippen LogP contribution in [0.2, 0.25) is 0 Å². The molecule has 0 bridgehead atoms. The molecule has 1 atom stereocenters. The SMILES string of the molecule is Cc1ccc2oc(C(=O)CC(CN)CC(C)C)cc2c1. The normalized spacial score (nSPS) is 13.1. The molecule has 0 radical (unpaired) electrons. The Hall–Kier alpha value is -1.61. The van der Waals surface area contributed by atoms with Gasteiger partial charge in [-0.1, -0.05) is 25.5 Å². The molecule has 2 rings (SSSR count). The second-order valence-electron chi connectivity index (χ2n) is 6.01. The van der Waals surface area contributed by atoms with Gasteiger partial charge in [0.05, 0.1) is 0 Å². The molecule has 0 fully saturated rings. The van der Waals surface area contributed by atoms with Crippen LogP contribution in [-0.2, 0) is 0 Å². The minimum absolute atomic E-state index is 0.0509. The van der Waals surface area contributed by atoms with Gasteiger partial charge in [-0.15, -0.1) is 0 Å². The summed E-state index contributed by atoms with van der Waals surface area (Å²) >= 11 is 0. The van der Waals surface area contributed by atoms with Crippen LogP contribution in [0.5, 0.6) is 0 Å². The predicted molar refractivity (Wildman–Crippen MR) is 81.9 cm³/mol. The molecular formula is C17H23NO2. The van der Waals surface area contributed by atoms with Gasteiger partial charge in [0.2, 0.25) is 0 Å². The molecule has 108 valence electrons. The average molecular weight is 273 g/mol. The van der Waals surface area contributed by atoms with E-state index in [0.29, 0.717) is 24.6 Å². The predicted octanol–water partition coefficient (Wildman–Crippen LogP) is 3.94. The van der Waals surface area contributed by atoms with Gasteiger partial charge >= 0.3 is 0 Å². The van der Waals surface area contributed by atoms with Crippen molar-refractivity contribution in [3.05, 3.63) is 35.6 Å². The maximum Gasteiger partial charge on any atom is 0.198 e. The van der Waals surface area contributed by atoms with Crippen LogP contribution in [0, 0.1) is 18.8 Å². The molecule has 2 N–H and O–H groups in total. The van der Waals surface area contributed by atoms with Crippen molar-refractivity contribution in [1.29, 1.82) is 0 Å². The molecule has 1 aromatic carbocycles. The molecule has 0 amide bonds. The van der Waals surface area contributed by atoms with Crippen LogP contribution in [0.25, 0.3) is 11.0 Å². The highest BCUT2D eigenvalue weighted by Gasteiger charge is 2.18.